The zero-order chi connectivity index (χ0) is 19.8. The van der Waals surface area contributed by atoms with Crippen molar-refractivity contribution in [2.45, 2.75) is 70.4 Å². The second-order valence-corrected chi connectivity index (χ2v) is 9.38. The quantitative estimate of drug-likeness (QED) is 0.676. The Labute approximate surface area is 164 Å². The molecule has 0 bridgehead atoms. The number of nitrogens with zero attached hydrogens (tertiary/aromatic N) is 3. The summed E-state index contributed by atoms with van der Waals surface area (Å²) in [7, 11) is 3.78. The van der Waals surface area contributed by atoms with Gasteiger partial charge in [0.2, 0.25) is 5.92 Å². The molecule has 2 aromatic heterocycles. The fourth-order valence-electron chi connectivity index (χ4n) is 3.67. The van der Waals surface area contributed by atoms with Crippen LogP contribution >= 0.6 is 11.3 Å². The molecule has 2 aromatic rings. The molecule has 0 atom stereocenters. The van der Waals surface area contributed by atoms with Crippen molar-refractivity contribution in [3.05, 3.63) is 22.5 Å². The average molecular weight is 398 g/mol. The largest absolute Gasteiger partial charge is 0.383 e. The topological polar surface area (TPSA) is 38.2 Å². The minimum atomic E-state index is -2.50. The predicted octanol–water partition coefficient (Wildman–Crippen LogP) is 5.15. The molecule has 3 rings (SSSR count). The number of aryl methyl sites for hydroxylation is 1. The number of halogens is 2. The van der Waals surface area contributed by atoms with Crippen LogP contribution in [0.25, 0.3) is 10.2 Å². The van der Waals surface area contributed by atoms with Crippen molar-refractivity contribution in [3.63, 3.8) is 0 Å². The van der Waals surface area contributed by atoms with E-state index >= 15 is 0 Å². The van der Waals surface area contributed by atoms with E-state index in [-0.39, 0.29) is 24.3 Å². The molecule has 2 heterocycles. The first-order valence-electron chi connectivity index (χ1n) is 9.46. The molecule has 150 valence electrons. The highest BCUT2D eigenvalue weighted by molar-refractivity contribution is 7.18. The molecule has 0 N–H and O–H groups in total. The number of methoxy groups -OCH3 is 1. The van der Waals surface area contributed by atoms with Crippen molar-refractivity contribution < 1.29 is 13.5 Å². The van der Waals surface area contributed by atoms with E-state index in [0.717, 1.165) is 21.7 Å². The standard InChI is InChI=1S/C20H29F2N3OS/c1-13-23-16(11-25(4)19(2,3)12-26-5)15-10-17(27-18(15)24-13)14-6-8-20(21,22)9-7-14/h10,14H,6-9,11-12H2,1-5H3. The van der Waals surface area contributed by atoms with Crippen LogP contribution < -0.4 is 0 Å². The highest BCUT2D eigenvalue weighted by Crippen LogP contribution is 2.44. The molecule has 1 fully saturated rings. The third-order valence-electron chi connectivity index (χ3n) is 5.64. The minimum absolute atomic E-state index is 0.0164. The molecule has 1 aliphatic rings. The Morgan fingerprint density at radius 2 is 1.96 bits per heavy atom. The molecule has 0 amide bonds. The van der Waals surface area contributed by atoms with Gasteiger partial charge in [0.25, 0.3) is 0 Å². The molecule has 0 aliphatic heterocycles. The van der Waals surface area contributed by atoms with E-state index in [0.29, 0.717) is 26.0 Å². The lowest BCUT2D eigenvalue weighted by Gasteiger charge is -2.34. The molecule has 0 spiro atoms. The number of rotatable bonds is 6. The Bertz CT molecular complexity index is 796. The monoisotopic (exact) mass is 397 g/mol. The van der Waals surface area contributed by atoms with Crippen LogP contribution in [0.2, 0.25) is 0 Å². The lowest BCUT2D eigenvalue weighted by Crippen LogP contribution is -2.44. The van der Waals surface area contributed by atoms with E-state index in [2.05, 4.69) is 41.8 Å². The number of thiophene rings is 1. The van der Waals surface area contributed by atoms with Gasteiger partial charge in [-0.3, -0.25) is 4.90 Å². The van der Waals surface area contributed by atoms with Gasteiger partial charge in [0, 0.05) is 42.3 Å². The molecular weight excluding hydrogens is 368 g/mol. The van der Waals surface area contributed by atoms with Crippen LogP contribution in [0.3, 0.4) is 0 Å². The zero-order valence-electron chi connectivity index (χ0n) is 16.8. The second kappa shape index (κ2) is 7.68. The fourth-order valence-corrected chi connectivity index (χ4v) is 4.93. The molecule has 4 nitrogen and oxygen atoms in total. The summed E-state index contributed by atoms with van der Waals surface area (Å²) in [4.78, 5) is 13.7. The summed E-state index contributed by atoms with van der Waals surface area (Å²) in [5, 5.41) is 1.05. The van der Waals surface area contributed by atoms with Gasteiger partial charge in [-0.1, -0.05) is 0 Å². The Hall–Kier alpha value is -1.18. The summed E-state index contributed by atoms with van der Waals surface area (Å²) in [6.07, 6.45) is 1.06. The summed E-state index contributed by atoms with van der Waals surface area (Å²) in [5.74, 6) is -1.54. The Morgan fingerprint density at radius 1 is 1.30 bits per heavy atom. The van der Waals surface area contributed by atoms with Gasteiger partial charge in [0.05, 0.1) is 12.3 Å². The van der Waals surface area contributed by atoms with Gasteiger partial charge in [-0.2, -0.15) is 0 Å². The Morgan fingerprint density at radius 3 is 2.59 bits per heavy atom. The van der Waals surface area contributed by atoms with Crippen molar-refractivity contribution in [2.24, 2.45) is 0 Å². The van der Waals surface area contributed by atoms with Gasteiger partial charge in [-0.25, -0.2) is 18.7 Å². The van der Waals surface area contributed by atoms with Crippen molar-refractivity contribution in [2.75, 3.05) is 20.8 Å². The van der Waals surface area contributed by atoms with Gasteiger partial charge < -0.3 is 4.74 Å². The van der Waals surface area contributed by atoms with E-state index in [1.54, 1.807) is 18.4 Å². The molecule has 1 saturated carbocycles. The number of aromatic nitrogens is 2. The van der Waals surface area contributed by atoms with E-state index in [1.807, 2.05) is 6.92 Å². The minimum Gasteiger partial charge on any atom is -0.383 e. The molecule has 0 radical (unpaired) electrons. The normalized spacial score (nSPS) is 18.5. The number of ether oxygens (including phenoxy) is 1. The van der Waals surface area contributed by atoms with Crippen molar-refractivity contribution in [1.29, 1.82) is 0 Å². The third-order valence-corrected chi connectivity index (χ3v) is 6.83. The maximum absolute atomic E-state index is 13.5. The summed E-state index contributed by atoms with van der Waals surface area (Å²) >= 11 is 1.64. The van der Waals surface area contributed by atoms with E-state index in [1.165, 1.54) is 4.88 Å². The number of hydrogen-bond donors (Lipinski definition) is 0. The van der Waals surface area contributed by atoms with Crippen LogP contribution in [0.4, 0.5) is 8.78 Å². The highest BCUT2D eigenvalue weighted by atomic mass is 32.1. The van der Waals surface area contributed by atoms with E-state index in [4.69, 9.17) is 4.74 Å². The number of fused-ring (bicyclic) bond motifs is 1. The van der Waals surface area contributed by atoms with Crippen LogP contribution in [-0.2, 0) is 11.3 Å². The molecule has 0 unspecified atom stereocenters. The van der Waals surface area contributed by atoms with Crippen molar-refractivity contribution in [3.8, 4) is 0 Å². The lowest BCUT2D eigenvalue weighted by atomic mass is 9.86. The first kappa shape index (κ1) is 20.6. The molecule has 7 heteroatoms. The third kappa shape index (κ3) is 4.63. The number of alkyl halides is 2. The Balaban J connectivity index is 1.87. The fraction of sp³-hybridized carbons (Fsp3) is 0.700. The highest BCUT2D eigenvalue weighted by Gasteiger charge is 2.36. The molecular formula is C20H29F2N3OS. The number of hydrogen-bond acceptors (Lipinski definition) is 5. The first-order chi connectivity index (χ1) is 12.6. The molecule has 0 saturated heterocycles. The second-order valence-electron chi connectivity index (χ2n) is 8.32. The number of likely N-dealkylation sites (N-methyl/N-ethyl adjacent to an activating group) is 1. The molecule has 1 aliphatic carbocycles. The van der Waals surface area contributed by atoms with Gasteiger partial charge in [0.15, 0.2) is 0 Å². The van der Waals surface area contributed by atoms with Crippen LogP contribution in [0.5, 0.6) is 0 Å². The molecule has 0 aromatic carbocycles. The van der Waals surface area contributed by atoms with E-state index in [9.17, 15) is 8.78 Å². The summed E-state index contributed by atoms with van der Waals surface area (Å²) in [6.45, 7) is 7.51. The zero-order valence-corrected chi connectivity index (χ0v) is 17.6. The predicted molar refractivity (Wildman–Crippen MR) is 106 cm³/mol. The first-order valence-corrected chi connectivity index (χ1v) is 10.3. The van der Waals surface area contributed by atoms with Gasteiger partial charge in [0.1, 0.15) is 10.7 Å². The lowest BCUT2D eigenvalue weighted by molar-refractivity contribution is -0.0379. The average Bonchev–Trinajstić information content (AvgIpc) is 2.98. The van der Waals surface area contributed by atoms with Crippen LogP contribution in [-0.4, -0.2) is 47.1 Å². The summed E-state index contributed by atoms with van der Waals surface area (Å²) < 4.78 is 32.3. The van der Waals surface area contributed by atoms with Gasteiger partial charge >= 0.3 is 0 Å². The maximum atomic E-state index is 13.5. The SMILES string of the molecule is COCC(C)(C)N(C)Cc1nc(C)nc2sc(C3CCC(F)(F)CC3)cc12. The van der Waals surface area contributed by atoms with E-state index < -0.39 is 5.92 Å². The van der Waals surface area contributed by atoms with Gasteiger partial charge in [-0.05, 0) is 52.6 Å². The van der Waals surface area contributed by atoms with Crippen molar-refractivity contribution in [1.82, 2.24) is 14.9 Å². The van der Waals surface area contributed by atoms with Gasteiger partial charge in [-0.15, -0.1) is 11.3 Å². The van der Waals surface area contributed by atoms with Crippen LogP contribution in [0.15, 0.2) is 6.07 Å². The summed E-state index contributed by atoms with van der Waals surface area (Å²) in [6, 6.07) is 2.14. The Kier molecular flexibility index (Phi) is 5.85. The van der Waals surface area contributed by atoms with Crippen LogP contribution in [0.1, 0.15) is 61.8 Å². The maximum Gasteiger partial charge on any atom is 0.248 e. The summed E-state index contributed by atoms with van der Waals surface area (Å²) in [5.41, 5.74) is 0.876. The van der Waals surface area contributed by atoms with Crippen molar-refractivity contribution >= 4 is 21.6 Å². The smallest absolute Gasteiger partial charge is 0.248 e. The van der Waals surface area contributed by atoms with Crippen LogP contribution in [0, 0.1) is 6.92 Å². The molecule has 27 heavy (non-hydrogen) atoms.